The molecule has 7 heteroatoms. The third-order valence-corrected chi connectivity index (χ3v) is 9.10. The number of amides is 2. The molecule has 1 aliphatic heterocycles. The number of fused-ring (bicyclic) bond motifs is 6. The van der Waals surface area contributed by atoms with Gasteiger partial charge in [0.25, 0.3) is 10.5 Å². The van der Waals surface area contributed by atoms with Gasteiger partial charge in [-0.25, -0.2) is 0 Å². The summed E-state index contributed by atoms with van der Waals surface area (Å²) in [4.78, 5) is 32.1. The minimum atomic E-state index is 0.0205. The van der Waals surface area contributed by atoms with Gasteiger partial charge in [0.2, 0.25) is 0 Å². The van der Waals surface area contributed by atoms with Gasteiger partial charge >= 0.3 is 0 Å². The predicted octanol–water partition coefficient (Wildman–Crippen LogP) is 7.60. The quantitative estimate of drug-likeness (QED) is 0.232. The van der Waals surface area contributed by atoms with Crippen LogP contribution in [0.4, 0.5) is 9.59 Å². The van der Waals surface area contributed by atoms with Gasteiger partial charge in [-0.1, -0.05) is 36.0 Å². The first kappa shape index (κ1) is 23.1. The lowest BCUT2D eigenvalue weighted by atomic mass is 9.94. The van der Waals surface area contributed by atoms with Crippen molar-refractivity contribution < 1.29 is 9.59 Å². The van der Waals surface area contributed by atoms with Crippen LogP contribution in [0.2, 0.25) is 0 Å². The fourth-order valence-corrected chi connectivity index (χ4v) is 6.56. The molecule has 0 saturated carbocycles. The lowest BCUT2D eigenvalue weighted by molar-refractivity contribution is 0.240. The Morgan fingerprint density at radius 3 is 1.50 bits per heavy atom. The zero-order chi connectivity index (χ0) is 24.0. The molecule has 4 aromatic rings. The van der Waals surface area contributed by atoms with E-state index in [-0.39, 0.29) is 10.5 Å². The molecular weight excluding hydrogens is 481 g/mol. The summed E-state index contributed by atoms with van der Waals surface area (Å²) in [6.45, 7) is 0. The first-order chi connectivity index (χ1) is 16.3. The van der Waals surface area contributed by atoms with Crippen molar-refractivity contribution in [2.24, 2.45) is 0 Å². The minimum absolute atomic E-state index is 0.0205. The van der Waals surface area contributed by atoms with E-state index < -0.39 is 0 Å². The highest BCUT2D eigenvalue weighted by atomic mass is 32.2. The molecule has 4 aromatic carbocycles. The molecule has 0 saturated heterocycles. The van der Waals surface area contributed by atoms with Crippen molar-refractivity contribution in [3.63, 3.8) is 0 Å². The second kappa shape index (κ2) is 9.21. The van der Waals surface area contributed by atoms with Crippen LogP contribution in [0.15, 0.2) is 80.2 Å². The molecule has 0 N–H and O–H groups in total. The number of rotatable bonds is 2. The molecule has 0 spiro atoms. The standard InChI is InChI=1S/C27H24N2O2S3/c1-28(2)26(30)32-18-9-5-16-7-11-24-22(20(16)13-18)15-23-21-14-19(33-27(31)29(3)4)10-6-17(21)8-12-25(23)34-24/h5-14H,15H2,1-4H3. The topological polar surface area (TPSA) is 40.6 Å². The van der Waals surface area contributed by atoms with E-state index >= 15 is 0 Å². The molecule has 0 atom stereocenters. The van der Waals surface area contributed by atoms with Crippen LogP contribution in [0.3, 0.4) is 0 Å². The first-order valence-electron chi connectivity index (χ1n) is 10.9. The summed E-state index contributed by atoms with van der Waals surface area (Å²) < 4.78 is 0. The van der Waals surface area contributed by atoms with Crippen LogP contribution in [0.25, 0.3) is 21.5 Å². The Morgan fingerprint density at radius 1 is 0.676 bits per heavy atom. The number of hydrogen-bond donors (Lipinski definition) is 0. The number of hydrogen-bond acceptors (Lipinski definition) is 5. The maximum Gasteiger partial charge on any atom is 0.285 e. The Balaban J connectivity index is 1.58. The van der Waals surface area contributed by atoms with Gasteiger partial charge in [0.1, 0.15) is 0 Å². The van der Waals surface area contributed by atoms with E-state index in [0.29, 0.717) is 0 Å². The van der Waals surface area contributed by atoms with Crippen molar-refractivity contribution >= 4 is 67.3 Å². The highest BCUT2D eigenvalue weighted by Gasteiger charge is 2.21. The van der Waals surface area contributed by atoms with E-state index in [0.717, 1.165) is 16.2 Å². The molecule has 0 aromatic heterocycles. The summed E-state index contributed by atoms with van der Waals surface area (Å²) in [5.74, 6) is 0. The molecule has 1 heterocycles. The van der Waals surface area contributed by atoms with E-state index in [9.17, 15) is 9.59 Å². The fraction of sp³-hybridized carbons (Fsp3) is 0.185. The second-order valence-electron chi connectivity index (χ2n) is 8.65. The van der Waals surface area contributed by atoms with Crippen LogP contribution in [-0.4, -0.2) is 48.5 Å². The zero-order valence-corrected chi connectivity index (χ0v) is 21.9. The van der Waals surface area contributed by atoms with Gasteiger partial charge in [-0.15, -0.1) is 0 Å². The number of nitrogens with zero attached hydrogens (tertiary/aromatic N) is 2. The summed E-state index contributed by atoms with van der Waals surface area (Å²) in [5, 5.41) is 4.78. The molecule has 0 bridgehead atoms. The lowest BCUT2D eigenvalue weighted by Crippen LogP contribution is -2.16. The average molecular weight is 505 g/mol. The summed E-state index contributed by atoms with van der Waals surface area (Å²) in [7, 11) is 7.09. The lowest BCUT2D eigenvalue weighted by Gasteiger charge is -2.23. The fourth-order valence-electron chi connectivity index (χ4n) is 4.04. The molecule has 4 nitrogen and oxygen atoms in total. The summed E-state index contributed by atoms with van der Waals surface area (Å²) in [5.41, 5.74) is 2.59. The van der Waals surface area contributed by atoms with Crippen LogP contribution in [0.5, 0.6) is 0 Å². The van der Waals surface area contributed by atoms with Gasteiger partial charge in [-0.05, 0) is 92.6 Å². The van der Waals surface area contributed by atoms with Gasteiger partial charge in [-0.3, -0.25) is 9.59 Å². The normalized spacial score (nSPS) is 12.4. The van der Waals surface area contributed by atoms with E-state index in [1.165, 1.54) is 66.0 Å². The van der Waals surface area contributed by atoms with E-state index in [1.807, 2.05) is 12.1 Å². The third kappa shape index (κ3) is 4.40. The molecule has 0 aliphatic carbocycles. The molecule has 5 rings (SSSR count). The molecule has 34 heavy (non-hydrogen) atoms. The van der Waals surface area contributed by atoms with Crippen molar-refractivity contribution in [3.05, 3.63) is 71.8 Å². The SMILES string of the molecule is CN(C)C(=O)Sc1ccc2ccc3c(c2c1)Cc1c(ccc2ccc(SC(=O)N(C)C)cc12)S3. The minimum Gasteiger partial charge on any atom is -0.339 e. The van der Waals surface area contributed by atoms with Crippen molar-refractivity contribution in [1.29, 1.82) is 0 Å². The highest BCUT2D eigenvalue weighted by Crippen LogP contribution is 2.45. The largest absolute Gasteiger partial charge is 0.339 e. The van der Waals surface area contributed by atoms with Crippen molar-refractivity contribution in [1.82, 2.24) is 9.80 Å². The zero-order valence-electron chi connectivity index (χ0n) is 19.4. The maximum atomic E-state index is 12.3. The molecule has 0 unspecified atom stereocenters. The second-order valence-corrected chi connectivity index (χ2v) is 11.8. The first-order valence-corrected chi connectivity index (χ1v) is 13.3. The van der Waals surface area contributed by atoms with Gasteiger partial charge in [0, 0.05) is 54.2 Å². The smallest absolute Gasteiger partial charge is 0.285 e. The average Bonchev–Trinajstić information content (AvgIpc) is 2.82. The maximum absolute atomic E-state index is 12.3. The monoisotopic (exact) mass is 504 g/mol. The van der Waals surface area contributed by atoms with Crippen LogP contribution >= 0.6 is 35.3 Å². The predicted molar refractivity (Wildman–Crippen MR) is 145 cm³/mol. The summed E-state index contributed by atoms with van der Waals surface area (Å²) in [6, 6.07) is 21.3. The Hall–Kier alpha value is -2.61. The number of carbonyl (C=O) groups is 2. The van der Waals surface area contributed by atoms with Crippen molar-refractivity contribution in [3.8, 4) is 0 Å². The molecule has 0 fully saturated rings. The Labute approximate surface area is 212 Å². The Kier molecular flexibility index (Phi) is 6.27. The number of benzene rings is 4. The van der Waals surface area contributed by atoms with Crippen molar-refractivity contribution in [2.75, 3.05) is 28.2 Å². The van der Waals surface area contributed by atoms with E-state index in [2.05, 4.69) is 48.5 Å². The van der Waals surface area contributed by atoms with Crippen molar-refractivity contribution in [2.45, 2.75) is 26.0 Å². The Morgan fingerprint density at radius 2 is 1.09 bits per heavy atom. The highest BCUT2D eigenvalue weighted by molar-refractivity contribution is 8.13. The summed E-state index contributed by atoms with van der Waals surface area (Å²) in [6.07, 6.45) is 0.817. The van der Waals surface area contributed by atoms with Crippen LogP contribution < -0.4 is 0 Å². The molecular formula is C27H24N2O2S3. The van der Waals surface area contributed by atoms with Crippen LogP contribution in [0.1, 0.15) is 11.1 Å². The van der Waals surface area contributed by atoms with Gasteiger partial charge in [0.15, 0.2) is 0 Å². The molecule has 0 radical (unpaired) electrons. The van der Waals surface area contributed by atoms with Crippen LogP contribution in [0, 0.1) is 0 Å². The van der Waals surface area contributed by atoms with Gasteiger partial charge < -0.3 is 9.80 Å². The number of carbonyl (C=O) groups excluding carboxylic acids is 2. The van der Waals surface area contributed by atoms with Gasteiger partial charge in [-0.2, -0.15) is 0 Å². The molecule has 2 amide bonds. The molecule has 172 valence electrons. The molecule has 1 aliphatic rings. The number of thioether (sulfide) groups is 2. The van der Waals surface area contributed by atoms with E-state index in [1.54, 1.807) is 49.8 Å². The Bertz CT molecular complexity index is 1350. The van der Waals surface area contributed by atoms with Gasteiger partial charge in [0.05, 0.1) is 0 Å². The van der Waals surface area contributed by atoms with Crippen LogP contribution in [-0.2, 0) is 6.42 Å². The summed E-state index contributed by atoms with van der Waals surface area (Å²) >= 11 is 4.31. The van der Waals surface area contributed by atoms with E-state index in [4.69, 9.17) is 0 Å². The third-order valence-electron chi connectivity index (χ3n) is 5.84.